The zero-order valence-electron chi connectivity index (χ0n) is 13.0. The van der Waals surface area contributed by atoms with Crippen LogP contribution in [0, 0.1) is 0 Å². The van der Waals surface area contributed by atoms with Crippen molar-refractivity contribution in [1.82, 2.24) is 10.3 Å². The summed E-state index contributed by atoms with van der Waals surface area (Å²) in [4.78, 5) is 4.37. The van der Waals surface area contributed by atoms with E-state index in [9.17, 15) is 0 Å². The Morgan fingerprint density at radius 3 is 2.62 bits per heavy atom. The Labute approximate surface area is 131 Å². The molecule has 0 fully saturated rings. The molecule has 1 N–H and O–H groups in total. The lowest BCUT2D eigenvalue weighted by Gasteiger charge is -2.16. The van der Waals surface area contributed by atoms with E-state index in [0.717, 1.165) is 25.1 Å². The fraction of sp³-hybridized carbons (Fsp3) is 0.471. The molecule has 2 unspecified atom stereocenters. The third-order valence-electron chi connectivity index (χ3n) is 3.67. The number of hydrogen-bond acceptors (Lipinski definition) is 4. The fourth-order valence-electron chi connectivity index (χ4n) is 2.22. The summed E-state index contributed by atoms with van der Waals surface area (Å²) in [5.41, 5.74) is 1.36. The summed E-state index contributed by atoms with van der Waals surface area (Å²) >= 11 is 1.73. The Morgan fingerprint density at radius 2 is 2.00 bits per heavy atom. The van der Waals surface area contributed by atoms with Gasteiger partial charge in [-0.05, 0) is 37.5 Å². The molecule has 4 heteroatoms. The smallest absolute Gasteiger partial charge is 0.118 e. The SMILES string of the molecule is COc1ccc(CCC(C)NCC(C)c2nccs2)cc1. The molecule has 3 nitrogen and oxygen atoms in total. The first-order valence-corrected chi connectivity index (χ1v) is 8.32. The van der Waals surface area contributed by atoms with E-state index >= 15 is 0 Å². The average molecular weight is 304 g/mol. The third kappa shape index (κ3) is 5.14. The molecule has 2 atom stereocenters. The lowest BCUT2D eigenvalue weighted by molar-refractivity contribution is 0.414. The van der Waals surface area contributed by atoms with Crippen LogP contribution in [0.15, 0.2) is 35.8 Å². The second-order valence-corrected chi connectivity index (χ2v) is 6.39. The minimum Gasteiger partial charge on any atom is -0.497 e. The first-order valence-electron chi connectivity index (χ1n) is 7.44. The lowest BCUT2D eigenvalue weighted by Crippen LogP contribution is -2.30. The van der Waals surface area contributed by atoms with E-state index in [1.807, 2.05) is 23.7 Å². The number of benzene rings is 1. The number of rotatable bonds is 8. The van der Waals surface area contributed by atoms with Crippen molar-refractivity contribution >= 4 is 11.3 Å². The van der Waals surface area contributed by atoms with Gasteiger partial charge < -0.3 is 10.1 Å². The molecule has 0 aliphatic heterocycles. The van der Waals surface area contributed by atoms with E-state index in [0.29, 0.717) is 12.0 Å². The molecular formula is C17H24N2OS. The minimum atomic E-state index is 0.480. The Morgan fingerprint density at radius 1 is 1.24 bits per heavy atom. The topological polar surface area (TPSA) is 34.1 Å². The van der Waals surface area contributed by atoms with Crippen molar-refractivity contribution in [2.24, 2.45) is 0 Å². The standard InChI is InChI=1S/C17H24N2OS/c1-13(17-18-10-11-21-17)12-19-14(2)4-5-15-6-8-16(20-3)9-7-15/h6-11,13-14,19H,4-5,12H2,1-3H3. The van der Waals surface area contributed by atoms with Gasteiger partial charge in [0.05, 0.1) is 12.1 Å². The van der Waals surface area contributed by atoms with Crippen LogP contribution in [0.25, 0.3) is 0 Å². The molecule has 0 aliphatic rings. The predicted octanol–water partition coefficient (Wildman–Crippen LogP) is 3.87. The van der Waals surface area contributed by atoms with Crippen molar-refractivity contribution in [2.45, 2.75) is 38.6 Å². The van der Waals surface area contributed by atoms with Gasteiger partial charge >= 0.3 is 0 Å². The largest absolute Gasteiger partial charge is 0.497 e. The maximum absolute atomic E-state index is 5.18. The van der Waals surface area contributed by atoms with Gasteiger partial charge in [-0.25, -0.2) is 4.98 Å². The summed E-state index contributed by atoms with van der Waals surface area (Å²) in [6, 6.07) is 8.85. The molecule has 114 valence electrons. The van der Waals surface area contributed by atoms with E-state index in [2.05, 4.69) is 36.3 Å². The molecule has 1 aromatic heterocycles. The zero-order chi connectivity index (χ0) is 15.1. The summed E-state index contributed by atoms with van der Waals surface area (Å²) in [6.07, 6.45) is 4.10. The molecule has 1 heterocycles. The second kappa shape index (κ2) is 8.15. The van der Waals surface area contributed by atoms with Crippen molar-refractivity contribution in [3.8, 4) is 5.75 Å². The van der Waals surface area contributed by atoms with Crippen LogP contribution in [0.1, 0.15) is 36.8 Å². The van der Waals surface area contributed by atoms with Gasteiger partial charge in [-0.3, -0.25) is 0 Å². The van der Waals surface area contributed by atoms with Crippen LogP contribution in [-0.2, 0) is 6.42 Å². The number of nitrogens with zero attached hydrogens (tertiary/aromatic N) is 1. The van der Waals surface area contributed by atoms with Gasteiger partial charge in [-0.15, -0.1) is 11.3 Å². The van der Waals surface area contributed by atoms with E-state index in [4.69, 9.17) is 4.74 Å². The van der Waals surface area contributed by atoms with Crippen molar-refractivity contribution in [1.29, 1.82) is 0 Å². The highest BCUT2D eigenvalue weighted by atomic mass is 32.1. The summed E-state index contributed by atoms with van der Waals surface area (Å²) in [7, 11) is 1.70. The molecule has 0 spiro atoms. The fourth-order valence-corrected chi connectivity index (χ4v) is 2.92. The molecule has 2 aromatic rings. The summed E-state index contributed by atoms with van der Waals surface area (Å²) in [5, 5.41) is 6.86. The second-order valence-electron chi connectivity index (χ2n) is 5.47. The van der Waals surface area contributed by atoms with Crippen LogP contribution in [0.4, 0.5) is 0 Å². The van der Waals surface area contributed by atoms with Crippen molar-refractivity contribution in [2.75, 3.05) is 13.7 Å². The molecule has 2 rings (SSSR count). The van der Waals surface area contributed by atoms with E-state index in [-0.39, 0.29) is 0 Å². The first-order chi connectivity index (χ1) is 10.2. The Hall–Kier alpha value is -1.39. The van der Waals surface area contributed by atoms with E-state index in [1.54, 1.807) is 18.4 Å². The quantitative estimate of drug-likeness (QED) is 0.804. The van der Waals surface area contributed by atoms with Crippen molar-refractivity contribution in [3.05, 3.63) is 46.4 Å². The van der Waals surface area contributed by atoms with Gasteiger partial charge in [-0.1, -0.05) is 19.1 Å². The molecule has 21 heavy (non-hydrogen) atoms. The third-order valence-corrected chi connectivity index (χ3v) is 4.68. The summed E-state index contributed by atoms with van der Waals surface area (Å²) in [6.45, 7) is 5.46. The maximum Gasteiger partial charge on any atom is 0.118 e. The Bertz CT molecular complexity index is 510. The van der Waals surface area contributed by atoms with Crippen LogP contribution >= 0.6 is 11.3 Å². The zero-order valence-corrected chi connectivity index (χ0v) is 13.8. The normalized spacial score (nSPS) is 13.9. The van der Waals surface area contributed by atoms with E-state index in [1.165, 1.54) is 10.6 Å². The number of aryl methyl sites for hydroxylation is 1. The molecule has 0 saturated heterocycles. The van der Waals surface area contributed by atoms with Crippen LogP contribution in [0.5, 0.6) is 5.75 Å². The summed E-state index contributed by atoms with van der Waals surface area (Å²) < 4.78 is 5.18. The van der Waals surface area contributed by atoms with Crippen molar-refractivity contribution < 1.29 is 4.74 Å². The van der Waals surface area contributed by atoms with E-state index < -0.39 is 0 Å². The molecule has 0 radical (unpaired) electrons. The molecule has 0 aliphatic carbocycles. The number of nitrogens with one attached hydrogen (secondary N) is 1. The van der Waals surface area contributed by atoms with Crippen molar-refractivity contribution in [3.63, 3.8) is 0 Å². The molecule has 0 amide bonds. The van der Waals surface area contributed by atoms with Crippen LogP contribution < -0.4 is 10.1 Å². The van der Waals surface area contributed by atoms with Gasteiger partial charge in [0.25, 0.3) is 0 Å². The molecule has 1 aromatic carbocycles. The highest BCUT2D eigenvalue weighted by Crippen LogP contribution is 2.17. The first kappa shape index (κ1) is 16.0. The number of aromatic nitrogens is 1. The summed E-state index contributed by atoms with van der Waals surface area (Å²) in [5.74, 6) is 1.40. The highest BCUT2D eigenvalue weighted by Gasteiger charge is 2.10. The van der Waals surface area contributed by atoms with Gasteiger partial charge in [0.15, 0.2) is 0 Å². The van der Waals surface area contributed by atoms with Gasteiger partial charge in [0.2, 0.25) is 0 Å². The van der Waals surface area contributed by atoms with Gasteiger partial charge in [-0.2, -0.15) is 0 Å². The Balaban J connectivity index is 1.70. The average Bonchev–Trinajstić information content (AvgIpc) is 3.05. The number of methoxy groups -OCH3 is 1. The van der Waals surface area contributed by atoms with Crippen LogP contribution in [0.3, 0.4) is 0 Å². The van der Waals surface area contributed by atoms with Crippen LogP contribution in [-0.4, -0.2) is 24.7 Å². The monoisotopic (exact) mass is 304 g/mol. The number of thiazole rings is 1. The molecule has 0 saturated carbocycles. The lowest BCUT2D eigenvalue weighted by atomic mass is 10.1. The van der Waals surface area contributed by atoms with Gasteiger partial charge in [0, 0.05) is 30.1 Å². The van der Waals surface area contributed by atoms with Crippen LogP contribution in [0.2, 0.25) is 0 Å². The number of hydrogen-bond donors (Lipinski definition) is 1. The molecule has 0 bridgehead atoms. The predicted molar refractivity (Wildman–Crippen MR) is 89.3 cm³/mol. The highest BCUT2D eigenvalue weighted by molar-refractivity contribution is 7.09. The maximum atomic E-state index is 5.18. The van der Waals surface area contributed by atoms with Gasteiger partial charge in [0.1, 0.15) is 5.75 Å². The minimum absolute atomic E-state index is 0.480. The molecular weight excluding hydrogens is 280 g/mol. The Kier molecular flexibility index (Phi) is 6.21. The number of ether oxygens (including phenoxy) is 1.